The van der Waals surface area contributed by atoms with E-state index >= 15 is 0 Å². The van der Waals surface area contributed by atoms with Gasteiger partial charge >= 0.3 is 12.3 Å². The van der Waals surface area contributed by atoms with Crippen molar-refractivity contribution in [2.45, 2.75) is 50.9 Å². The average molecular weight is 344 g/mol. The fourth-order valence-electron chi connectivity index (χ4n) is 2.87. The molecule has 2 rings (SSSR count). The predicted molar refractivity (Wildman–Crippen MR) is 84.6 cm³/mol. The molecule has 0 bridgehead atoms. The number of benzene rings is 1. The number of rotatable bonds is 1. The number of likely N-dealkylation sites (tertiary alicyclic amines) is 1. The van der Waals surface area contributed by atoms with Crippen molar-refractivity contribution < 1.29 is 22.7 Å². The topological polar surface area (TPSA) is 55.6 Å². The van der Waals surface area contributed by atoms with Crippen LogP contribution < -0.4 is 5.73 Å². The summed E-state index contributed by atoms with van der Waals surface area (Å²) in [4.78, 5) is 13.7. The summed E-state index contributed by atoms with van der Waals surface area (Å²) in [5, 5.41) is 0. The summed E-state index contributed by atoms with van der Waals surface area (Å²) < 4.78 is 45.1. The fraction of sp³-hybridized carbons (Fsp3) is 0.588. The Labute approximate surface area is 139 Å². The molecular weight excluding hydrogens is 321 g/mol. The van der Waals surface area contributed by atoms with Crippen LogP contribution in [0.25, 0.3) is 0 Å². The van der Waals surface area contributed by atoms with Crippen LogP contribution >= 0.6 is 0 Å². The Bertz CT molecular complexity index is 596. The minimum absolute atomic E-state index is 0.114. The zero-order valence-corrected chi connectivity index (χ0v) is 14.1. The molecule has 134 valence electrons. The van der Waals surface area contributed by atoms with Crippen LogP contribution in [-0.4, -0.2) is 35.7 Å². The molecule has 1 aromatic carbocycles. The first-order chi connectivity index (χ1) is 11.0. The number of nitrogens with two attached hydrogens (primary N) is 1. The number of carbonyl (C=O) groups is 1. The highest BCUT2D eigenvalue weighted by Gasteiger charge is 2.39. The number of halogens is 3. The van der Waals surface area contributed by atoms with Crippen LogP contribution in [0.1, 0.15) is 44.2 Å². The molecule has 2 atom stereocenters. The molecule has 0 saturated carbocycles. The van der Waals surface area contributed by atoms with E-state index in [1.807, 2.05) is 0 Å². The number of piperidine rings is 1. The van der Waals surface area contributed by atoms with Gasteiger partial charge in [-0.2, -0.15) is 13.2 Å². The van der Waals surface area contributed by atoms with E-state index in [9.17, 15) is 18.0 Å². The smallest absolute Gasteiger partial charge is 0.416 e. The van der Waals surface area contributed by atoms with Crippen molar-refractivity contribution in [2.24, 2.45) is 5.73 Å². The van der Waals surface area contributed by atoms with Gasteiger partial charge in [0, 0.05) is 25.0 Å². The Morgan fingerprint density at radius 2 is 1.88 bits per heavy atom. The number of hydrogen-bond acceptors (Lipinski definition) is 3. The lowest BCUT2D eigenvalue weighted by Crippen LogP contribution is -2.49. The van der Waals surface area contributed by atoms with E-state index in [0.717, 1.165) is 6.07 Å². The van der Waals surface area contributed by atoms with Gasteiger partial charge in [0.2, 0.25) is 0 Å². The summed E-state index contributed by atoms with van der Waals surface area (Å²) in [6.45, 7) is 5.73. The first-order valence-corrected chi connectivity index (χ1v) is 7.88. The maximum atomic E-state index is 13.3. The maximum Gasteiger partial charge on any atom is 0.416 e. The molecule has 0 radical (unpaired) electrons. The molecule has 24 heavy (non-hydrogen) atoms. The zero-order valence-electron chi connectivity index (χ0n) is 14.1. The second-order valence-electron chi connectivity index (χ2n) is 7.07. The molecule has 0 aromatic heterocycles. The molecule has 1 aromatic rings. The Morgan fingerprint density at radius 1 is 1.25 bits per heavy atom. The van der Waals surface area contributed by atoms with E-state index in [-0.39, 0.29) is 12.1 Å². The molecule has 1 aliphatic rings. The van der Waals surface area contributed by atoms with E-state index < -0.39 is 35.4 Å². The van der Waals surface area contributed by atoms with Crippen molar-refractivity contribution in [2.75, 3.05) is 13.1 Å². The minimum Gasteiger partial charge on any atom is -0.444 e. The van der Waals surface area contributed by atoms with Crippen LogP contribution in [0.4, 0.5) is 18.0 Å². The summed E-state index contributed by atoms with van der Waals surface area (Å²) in [6.07, 6.45) is -4.55. The van der Waals surface area contributed by atoms with Crippen molar-refractivity contribution in [3.63, 3.8) is 0 Å². The van der Waals surface area contributed by atoms with Gasteiger partial charge in [-0.3, -0.25) is 0 Å². The highest BCUT2D eigenvalue weighted by atomic mass is 19.4. The summed E-state index contributed by atoms with van der Waals surface area (Å²) in [7, 11) is 0. The number of carbonyl (C=O) groups excluding carboxylic acids is 1. The molecule has 7 heteroatoms. The quantitative estimate of drug-likeness (QED) is 0.844. The number of nitrogens with zero attached hydrogens (tertiary/aromatic N) is 1. The van der Waals surface area contributed by atoms with Crippen molar-refractivity contribution >= 4 is 6.09 Å². The van der Waals surface area contributed by atoms with E-state index in [2.05, 4.69) is 0 Å². The molecule has 1 fully saturated rings. The minimum atomic E-state index is -4.45. The normalized spacial score (nSPS) is 22.4. The molecule has 0 aliphatic carbocycles. The third-order valence-electron chi connectivity index (χ3n) is 3.98. The summed E-state index contributed by atoms with van der Waals surface area (Å²) in [5.41, 5.74) is 4.84. The van der Waals surface area contributed by atoms with Crippen LogP contribution in [0.3, 0.4) is 0 Å². The van der Waals surface area contributed by atoms with Gasteiger partial charge in [0.05, 0.1) is 5.56 Å². The van der Waals surface area contributed by atoms with E-state index in [1.165, 1.54) is 17.0 Å². The van der Waals surface area contributed by atoms with Gasteiger partial charge in [0.25, 0.3) is 0 Å². The third-order valence-corrected chi connectivity index (χ3v) is 3.98. The molecular formula is C17H23F3N2O2. The zero-order chi connectivity index (χ0) is 18.1. The van der Waals surface area contributed by atoms with Gasteiger partial charge in [-0.15, -0.1) is 0 Å². The number of hydrogen-bond donors (Lipinski definition) is 1. The van der Waals surface area contributed by atoms with Crippen LogP contribution in [0.5, 0.6) is 0 Å². The Morgan fingerprint density at radius 3 is 2.46 bits per heavy atom. The monoisotopic (exact) mass is 344 g/mol. The third kappa shape index (κ3) is 4.41. The Balaban J connectivity index is 2.26. The highest BCUT2D eigenvalue weighted by molar-refractivity contribution is 5.68. The molecule has 1 saturated heterocycles. The molecule has 0 spiro atoms. The van der Waals surface area contributed by atoms with Crippen molar-refractivity contribution in [1.29, 1.82) is 0 Å². The average Bonchev–Trinajstić information content (AvgIpc) is 2.45. The van der Waals surface area contributed by atoms with Crippen LogP contribution in [0.2, 0.25) is 0 Å². The molecule has 4 nitrogen and oxygen atoms in total. The lowest BCUT2D eigenvalue weighted by Gasteiger charge is -2.38. The number of ether oxygens (including phenoxy) is 1. The van der Waals surface area contributed by atoms with Gasteiger partial charge in [0.1, 0.15) is 5.60 Å². The highest BCUT2D eigenvalue weighted by Crippen LogP contribution is 2.37. The Hall–Kier alpha value is -1.76. The van der Waals surface area contributed by atoms with E-state index in [4.69, 9.17) is 10.5 Å². The van der Waals surface area contributed by atoms with Crippen molar-refractivity contribution in [3.8, 4) is 0 Å². The predicted octanol–water partition coefficient (Wildman–Crippen LogP) is 3.76. The lowest BCUT2D eigenvalue weighted by atomic mass is 9.84. The Kier molecular flexibility index (Phi) is 5.13. The SMILES string of the molecule is CC(C)(C)OC(=O)N1CC[C@@H](N)[C@@H](c2ccccc2C(F)(F)F)C1. The van der Waals surface area contributed by atoms with Crippen LogP contribution in [0, 0.1) is 0 Å². The molecule has 1 heterocycles. The summed E-state index contributed by atoms with van der Waals surface area (Å²) >= 11 is 0. The van der Waals surface area contributed by atoms with Gasteiger partial charge in [-0.25, -0.2) is 4.79 Å². The van der Waals surface area contributed by atoms with Gasteiger partial charge in [-0.05, 0) is 38.8 Å². The first-order valence-electron chi connectivity index (χ1n) is 7.88. The second kappa shape index (κ2) is 6.63. The van der Waals surface area contributed by atoms with E-state index in [0.29, 0.717) is 13.0 Å². The lowest BCUT2D eigenvalue weighted by molar-refractivity contribution is -0.138. The molecule has 0 unspecified atom stereocenters. The molecule has 1 amide bonds. The second-order valence-corrected chi connectivity index (χ2v) is 7.07. The van der Waals surface area contributed by atoms with Crippen molar-refractivity contribution in [1.82, 2.24) is 4.90 Å². The van der Waals surface area contributed by atoms with Gasteiger partial charge in [0.15, 0.2) is 0 Å². The number of alkyl halides is 3. The molecule has 2 N–H and O–H groups in total. The van der Waals surface area contributed by atoms with Gasteiger partial charge in [-0.1, -0.05) is 18.2 Å². The molecule has 1 aliphatic heterocycles. The van der Waals surface area contributed by atoms with Gasteiger partial charge < -0.3 is 15.4 Å². The van der Waals surface area contributed by atoms with Crippen molar-refractivity contribution in [3.05, 3.63) is 35.4 Å². The standard InChI is InChI=1S/C17H23F3N2O2/c1-16(2,3)24-15(23)22-9-8-14(21)12(10-22)11-6-4-5-7-13(11)17(18,19)20/h4-7,12,14H,8-10,21H2,1-3H3/t12-,14-/m1/s1. The maximum absolute atomic E-state index is 13.3. The van der Waals surface area contributed by atoms with Crippen LogP contribution in [0.15, 0.2) is 24.3 Å². The first kappa shape index (κ1) is 18.6. The fourth-order valence-corrected chi connectivity index (χ4v) is 2.87. The summed E-state index contributed by atoms with van der Waals surface area (Å²) in [6, 6.07) is 4.96. The van der Waals surface area contributed by atoms with Crippen LogP contribution in [-0.2, 0) is 10.9 Å². The van der Waals surface area contributed by atoms with E-state index in [1.54, 1.807) is 26.8 Å². The summed E-state index contributed by atoms with van der Waals surface area (Å²) in [5.74, 6) is -0.580. The number of amides is 1. The largest absolute Gasteiger partial charge is 0.444 e.